The summed E-state index contributed by atoms with van der Waals surface area (Å²) in [5, 5.41) is 0. The number of aromatic amines is 1. The van der Waals surface area contributed by atoms with Crippen molar-refractivity contribution in [1.29, 1.82) is 0 Å². The van der Waals surface area contributed by atoms with Crippen LogP contribution in [0.2, 0.25) is 0 Å². The lowest BCUT2D eigenvalue weighted by Gasteiger charge is -1.97. The van der Waals surface area contributed by atoms with Crippen molar-refractivity contribution in [2.24, 2.45) is 4.99 Å². The molecular weight excluding hydrogens is 184 g/mol. The van der Waals surface area contributed by atoms with Gasteiger partial charge in [0.25, 0.3) is 0 Å². The third-order valence-corrected chi connectivity index (χ3v) is 1.97. The number of nitrogens with one attached hydrogen (secondary N) is 1. The monoisotopic (exact) mass is 200 g/mol. The first kappa shape index (κ1) is 11.2. The maximum Gasteiger partial charge on any atom is 0.0470 e. The average Bonchev–Trinajstić information content (AvgIpc) is 2.67. The summed E-state index contributed by atoms with van der Waals surface area (Å²) >= 11 is 0. The van der Waals surface area contributed by atoms with Crippen LogP contribution in [0.25, 0.3) is 11.6 Å². The Balaban J connectivity index is 2.93. The summed E-state index contributed by atoms with van der Waals surface area (Å²) in [4.78, 5) is 7.40. The summed E-state index contributed by atoms with van der Waals surface area (Å²) in [7, 11) is 0. The molecule has 0 spiro atoms. The predicted molar refractivity (Wildman–Crippen MR) is 67.8 cm³/mol. The zero-order valence-electron chi connectivity index (χ0n) is 9.25. The zero-order valence-corrected chi connectivity index (χ0v) is 9.25. The lowest BCUT2D eigenvalue weighted by atomic mass is 10.2. The van der Waals surface area contributed by atoms with Gasteiger partial charge in [-0.1, -0.05) is 19.2 Å². The largest absolute Gasteiger partial charge is 0.355 e. The molecule has 0 aliphatic carbocycles. The summed E-state index contributed by atoms with van der Waals surface area (Å²) in [6.07, 6.45) is 5.60. The van der Waals surface area contributed by atoms with Gasteiger partial charge >= 0.3 is 0 Å². The highest BCUT2D eigenvalue weighted by atomic mass is 14.7. The molecule has 0 saturated carbocycles. The molecule has 0 aliphatic rings. The van der Waals surface area contributed by atoms with Crippen molar-refractivity contribution >= 4 is 17.9 Å². The van der Waals surface area contributed by atoms with Gasteiger partial charge in [-0.05, 0) is 32.1 Å². The van der Waals surface area contributed by atoms with Gasteiger partial charge in [0.05, 0.1) is 0 Å². The molecule has 2 heteroatoms. The minimum absolute atomic E-state index is 0.796. The molecule has 0 fully saturated rings. The summed E-state index contributed by atoms with van der Waals surface area (Å²) < 4.78 is 0. The van der Waals surface area contributed by atoms with Crippen LogP contribution in [0.3, 0.4) is 0 Å². The van der Waals surface area contributed by atoms with Crippen molar-refractivity contribution in [3.05, 3.63) is 48.5 Å². The fraction of sp³-hybridized carbons (Fsp3) is 0.154. The van der Waals surface area contributed by atoms with Crippen LogP contribution in [0.1, 0.15) is 25.2 Å². The van der Waals surface area contributed by atoms with Gasteiger partial charge in [-0.3, -0.25) is 4.99 Å². The second-order valence-corrected chi connectivity index (χ2v) is 3.27. The van der Waals surface area contributed by atoms with E-state index < -0.39 is 0 Å². The number of H-pyrrole nitrogens is 1. The highest BCUT2D eigenvalue weighted by molar-refractivity contribution is 6.09. The molecule has 78 valence electrons. The Kier molecular flexibility index (Phi) is 3.86. The molecule has 1 aromatic rings. The van der Waals surface area contributed by atoms with E-state index in [0.29, 0.717) is 0 Å². The molecule has 0 aromatic carbocycles. The Morgan fingerprint density at radius 2 is 2.20 bits per heavy atom. The van der Waals surface area contributed by atoms with E-state index in [9.17, 15) is 0 Å². The summed E-state index contributed by atoms with van der Waals surface area (Å²) in [5.41, 5.74) is 3.89. The summed E-state index contributed by atoms with van der Waals surface area (Å²) in [5.74, 6) is 0. The number of aromatic nitrogens is 1. The molecule has 1 N–H and O–H groups in total. The SMILES string of the molecule is C=Cc1ccc(C(/C=N\C(=C)C)=C/C)[nH]1. The normalized spacial score (nSPS) is 12.0. The lowest BCUT2D eigenvalue weighted by molar-refractivity contribution is 1.32. The molecule has 15 heavy (non-hydrogen) atoms. The molecule has 2 nitrogen and oxygen atoms in total. The first-order chi connectivity index (χ1) is 7.17. The summed E-state index contributed by atoms with van der Waals surface area (Å²) in [6, 6.07) is 4.00. The van der Waals surface area contributed by atoms with Gasteiger partial charge in [0.1, 0.15) is 0 Å². The van der Waals surface area contributed by atoms with E-state index in [1.165, 1.54) is 0 Å². The average molecular weight is 200 g/mol. The standard InChI is InChI=1S/C13H16N2/c1-5-11(9-14-10(3)4)13-8-7-12(6-2)15-13/h5-9,15H,2-3H2,1,4H3/b11-5+,14-9-. The lowest BCUT2D eigenvalue weighted by Crippen LogP contribution is -1.86. The molecule has 0 radical (unpaired) electrons. The van der Waals surface area contributed by atoms with Crippen molar-refractivity contribution in [1.82, 2.24) is 4.98 Å². The van der Waals surface area contributed by atoms with Crippen molar-refractivity contribution in [2.75, 3.05) is 0 Å². The van der Waals surface area contributed by atoms with Crippen molar-refractivity contribution in [3.8, 4) is 0 Å². The minimum atomic E-state index is 0.796. The Labute approximate surface area is 90.8 Å². The van der Waals surface area contributed by atoms with Crippen LogP contribution >= 0.6 is 0 Å². The van der Waals surface area contributed by atoms with E-state index in [1.807, 2.05) is 32.1 Å². The number of hydrogen-bond donors (Lipinski definition) is 1. The van der Waals surface area contributed by atoms with E-state index in [-0.39, 0.29) is 0 Å². The molecule has 0 saturated heterocycles. The van der Waals surface area contributed by atoms with Gasteiger partial charge in [0.15, 0.2) is 0 Å². The second-order valence-electron chi connectivity index (χ2n) is 3.27. The van der Waals surface area contributed by atoms with Crippen LogP contribution in [0.15, 0.2) is 42.1 Å². The van der Waals surface area contributed by atoms with E-state index >= 15 is 0 Å². The van der Waals surface area contributed by atoms with Gasteiger partial charge < -0.3 is 4.98 Å². The fourth-order valence-corrected chi connectivity index (χ4v) is 1.18. The van der Waals surface area contributed by atoms with Gasteiger partial charge in [-0.25, -0.2) is 0 Å². The predicted octanol–water partition coefficient (Wildman–Crippen LogP) is 3.67. The number of rotatable bonds is 4. The Hall–Kier alpha value is -1.83. The molecule has 0 unspecified atom stereocenters. The molecule has 0 bridgehead atoms. The number of nitrogens with zero attached hydrogens (tertiary/aromatic N) is 1. The topological polar surface area (TPSA) is 28.1 Å². The zero-order chi connectivity index (χ0) is 11.3. The maximum atomic E-state index is 4.17. The summed E-state index contributed by atoms with van der Waals surface area (Å²) in [6.45, 7) is 11.3. The molecule has 1 rings (SSSR count). The van der Waals surface area contributed by atoms with Crippen LogP contribution in [0, 0.1) is 0 Å². The second kappa shape index (κ2) is 5.15. The van der Waals surface area contributed by atoms with Gasteiger partial charge in [0, 0.05) is 28.9 Å². The molecule has 1 aromatic heterocycles. The molecule has 1 heterocycles. The van der Waals surface area contributed by atoms with Gasteiger partial charge in [0.2, 0.25) is 0 Å². The van der Waals surface area contributed by atoms with Crippen LogP contribution in [-0.4, -0.2) is 11.2 Å². The van der Waals surface area contributed by atoms with E-state index in [4.69, 9.17) is 0 Å². The van der Waals surface area contributed by atoms with Crippen LogP contribution in [0.4, 0.5) is 0 Å². The quantitative estimate of drug-likeness (QED) is 0.718. The highest BCUT2D eigenvalue weighted by Gasteiger charge is 1.99. The molecule has 0 atom stereocenters. The van der Waals surface area contributed by atoms with Gasteiger partial charge in [-0.15, -0.1) is 0 Å². The van der Waals surface area contributed by atoms with Crippen molar-refractivity contribution in [3.63, 3.8) is 0 Å². The van der Waals surface area contributed by atoms with Crippen LogP contribution < -0.4 is 0 Å². The fourth-order valence-electron chi connectivity index (χ4n) is 1.18. The third-order valence-electron chi connectivity index (χ3n) is 1.97. The van der Waals surface area contributed by atoms with E-state index in [1.54, 1.807) is 12.3 Å². The smallest absolute Gasteiger partial charge is 0.0470 e. The first-order valence-corrected chi connectivity index (χ1v) is 4.85. The third kappa shape index (κ3) is 3.09. The van der Waals surface area contributed by atoms with Crippen LogP contribution in [0.5, 0.6) is 0 Å². The maximum absolute atomic E-state index is 4.17. The Morgan fingerprint density at radius 3 is 2.67 bits per heavy atom. The van der Waals surface area contributed by atoms with Crippen LogP contribution in [-0.2, 0) is 0 Å². The molecule has 0 aliphatic heterocycles. The Bertz CT molecular complexity index is 419. The van der Waals surface area contributed by atoms with E-state index in [0.717, 1.165) is 22.7 Å². The number of hydrogen-bond acceptors (Lipinski definition) is 1. The molecular formula is C13H16N2. The Morgan fingerprint density at radius 1 is 1.47 bits per heavy atom. The highest BCUT2D eigenvalue weighted by Crippen LogP contribution is 2.13. The van der Waals surface area contributed by atoms with Crippen molar-refractivity contribution < 1.29 is 0 Å². The number of allylic oxidation sites excluding steroid dienone is 3. The first-order valence-electron chi connectivity index (χ1n) is 4.85. The van der Waals surface area contributed by atoms with Gasteiger partial charge in [-0.2, -0.15) is 0 Å². The van der Waals surface area contributed by atoms with Crippen molar-refractivity contribution in [2.45, 2.75) is 13.8 Å². The minimum Gasteiger partial charge on any atom is -0.355 e. The molecule has 0 amide bonds. The number of aliphatic imine (C=N–C) groups is 1. The van der Waals surface area contributed by atoms with E-state index in [2.05, 4.69) is 23.1 Å².